The minimum absolute atomic E-state index is 0.113. The highest BCUT2D eigenvalue weighted by atomic mass is 16.4. The molecule has 0 radical (unpaired) electrons. The molecule has 2 aliphatic heterocycles. The summed E-state index contributed by atoms with van der Waals surface area (Å²) in [7, 11) is 0. The van der Waals surface area contributed by atoms with Gasteiger partial charge in [-0.1, -0.05) is 0 Å². The number of H-pyrrole nitrogens is 1. The van der Waals surface area contributed by atoms with Gasteiger partial charge in [-0.3, -0.25) is 19.6 Å². The third-order valence-electron chi connectivity index (χ3n) is 4.69. The normalized spacial score (nSPS) is 24.4. The topological polar surface area (TPSA) is 102 Å². The third kappa shape index (κ3) is 3.11. The lowest BCUT2D eigenvalue weighted by Gasteiger charge is -2.41. The van der Waals surface area contributed by atoms with Crippen molar-refractivity contribution < 1.29 is 14.7 Å². The third-order valence-corrected chi connectivity index (χ3v) is 4.69. The molecule has 2 fully saturated rings. The van der Waals surface area contributed by atoms with E-state index in [-0.39, 0.29) is 17.6 Å². The van der Waals surface area contributed by atoms with Crippen LogP contribution in [-0.2, 0) is 4.79 Å². The van der Waals surface area contributed by atoms with E-state index in [2.05, 4.69) is 20.1 Å². The summed E-state index contributed by atoms with van der Waals surface area (Å²) >= 11 is 0. The molecule has 3 heterocycles. The summed E-state index contributed by atoms with van der Waals surface area (Å²) in [6, 6.07) is 0.376. The average molecular weight is 307 g/mol. The van der Waals surface area contributed by atoms with E-state index in [4.69, 9.17) is 0 Å². The highest BCUT2D eigenvalue weighted by molar-refractivity contribution is 5.90. The number of aromatic amines is 1. The maximum Gasteiger partial charge on any atom is 0.307 e. The van der Waals surface area contributed by atoms with E-state index in [0.717, 1.165) is 32.2 Å². The molecule has 1 aromatic rings. The molecule has 0 bridgehead atoms. The van der Waals surface area contributed by atoms with Crippen LogP contribution < -0.4 is 0 Å². The second-order valence-electron chi connectivity index (χ2n) is 6.03. The van der Waals surface area contributed by atoms with E-state index in [1.54, 1.807) is 4.90 Å². The SMILES string of the molecule is O=C(O)[C@H]1CCCN(C2CCN(C(=O)c3ncn[nH]3)CC2)C1. The summed E-state index contributed by atoms with van der Waals surface area (Å²) < 4.78 is 0. The lowest BCUT2D eigenvalue weighted by atomic mass is 9.94. The van der Waals surface area contributed by atoms with Gasteiger partial charge in [-0.15, -0.1) is 0 Å². The number of carboxylic acid groups (broad SMARTS) is 1. The van der Waals surface area contributed by atoms with Crippen molar-refractivity contribution in [3.8, 4) is 0 Å². The van der Waals surface area contributed by atoms with Crippen LogP contribution >= 0.6 is 0 Å². The summed E-state index contributed by atoms with van der Waals surface area (Å²) in [5.74, 6) is -0.773. The molecule has 1 amide bonds. The number of hydrogen-bond donors (Lipinski definition) is 2. The number of amides is 1. The van der Waals surface area contributed by atoms with Crippen LogP contribution in [0.5, 0.6) is 0 Å². The molecule has 3 rings (SSSR count). The number of hydrogen-bond acceptors (Lipinski definition) is 5. The fourth-order valence-corrected chi connectivity index (χ4v) is 3.43. The minimum atomic E-state index is -0.692. The molecule has 0 saturated carbocycles. The van der Waals surface area contributed by atoms with E-state index in [1.165, 1.54) is 6.33 Å². The van der Waals surface area contributed by atoms with Gasteiger partial charge < -0.3 is 10.0 Å². The van der Waals surface area contributed by atoms with Gasteiger partial charge in [0.15, 0.2) is 0 Å². The van der Waals surface area contributed by atoms with Crippen LogP contribution in [0.4, 0.5) is 0 Å². The fourth-order valence-electron chi connectivity index (χ4n) is 3.43. The lowest BCUT2D eigenvalue weighted by Crippen LogP contribution is -2.50. The number of nitrogens with one attached hydrogen (secondary N) is 1. The van der Waals surface area contributed by atoms with Crippen molar-refractivity contribution in [1.29, 1.82) is 0 Å². The molecular weight excluding hydrogens is 286 g/mol. The molecule has 120 valence electrons. The summed E-state index contributed by atoms with van der Waals surface area (Å²) in [5, 5.41) is 15.5. The van der Waals surface area contributed by atoms with E-state index in [1.807, 2.05) is 0 Å². The Morgan fingerprint density at radius 3 is 2.64 bits per heavy atom. The van der Waals surface area contributed by atoms with Gasteiger partial charge in [0.1, 0.15) is 6.33 Å². The maximum atomic E-state index is 12.2. The first-order chi connectivity index (χ1) is 10.6. The monoisotopic (exact) mass is 307 g/mol. The summed E-state index contributed by atoms with van der Waals surface area (Å²) in [6.45, 7) is 2.96. The first-order valence-corrected chi connectivity index (χ1v) is 7.76. The molecule has 2 saturated heterocycles. The van der Waals surface area contributed by atoms with Crippen LogP contribution in [0.1, 0.15) is 36.3 Å². The van der Waals surface area contributed by atoms with Gasteiger partial charge in [0.05, 0.1) is 5.92 Å². The molecule has 8 nitrogen and oxygen atoms in total. The molecule has 1 aromatic heterocycles. The van der Waals surface area contributed by atoms with Crippen LogP contribution in [0.2, 0.25) is 0 Å². The molecular formula is C14H21N5O3. The second kappa shape index (κ2) is 6.43. The number of rotatable bonds is 3. The Kier molecular flexibility index (Phi) is 4.37. The van der Waals surface area contributed by atoms with Crippen LogP contribution in [0.3, 0.4) is 0 Å². The van der Waals surface area contributed by atoms with Crippen molar-refractivity contribution in [1.82, 2.24) is 25.0 Å². The molecule has 1 atom stereocenters. The smallest absolute Gasteiger partial charge is 0.307 e. The number of nitrogens with zero attached hydrogens (tertiary/aromatic N) is 4. The van der Waals surface area contributed by atoms with Crippen LogP contribution in [0.15, 0.2) is 6.33 Å². The lowest BCUT2D eigenvalue weighted by molar-refractivity contribution is -0.144. The number of piperidine rings is 2. The molecule has 2 aliphatic rings. The highest BCUT2D eigenvalue weighted by Crippen LogP contribution is 2.24. The summed E-state index contributed by atoms with van der Waals surface area (Å²) in [5.41, 5.74) is 0. The van der Waals surface area contributed by atoms with Crippen molar-refractivity contribution in [3.05, 3.63) is 12.2 Å². The molecule has 0 aromatic carbocycles. The Bertz CT molecular complexity index is 525. The zero-order valence-corrected chi connectivity index (χ0v) is 12.4. The predicted octanol–water partition coefficient (Wildman–Crippen LogP) is 0.206. The number of aromatic nitrogens is 3. The Hall–Kier alpha value is -1.96. The first kappa shape index (κ1) is 15.0. The number of carboxylic acids is 1. The second-order valence-corrected chi connectivity index (χ2v) is 6.03. The average Bonchev–Trinajstić information content (AvgIpc) is 3.09. The number of likely N-dealkylation sites (tertiary alicyclic amines) is 2. The first-order valence-electron chi connectivity index (χ1n) is 7.76. The van der Waals surface area contributed by atoms with Gasteiger partial charge in [-0.05, 0) is 32.2 Å². The predicted molar refractivity (Wildman–Crippen MR) is 77.2 cm³/mol. The Labute approximate surface area is 128 Å². The van der Waals surface area contributed by atoms with Crippen LogP contribution in [0.25, 0.3) is 0 Å². The van der Waals surface area contributed by atoms with Gasteiger partial charge >= 0.3 is 5.97 Å². The zero-order valence-electron chi connectivity index (χ0n) is 12.4. The maximum absolute atomic E-state index is 12.2. The van der Waals surface area contributed by atoms with E-state index >= 15 is 0 Å². The number of carbonyl (C=O) groups excluding carboxylic acids is 1. The summed E-state index contributed by atoms with van der Waals surface area (Å²) in [6.07, 6.45) is 4.81. The van der Waals surface area contributed by atoms with E-state index < -0.39 is 5.97 Å². The van der Waals surface area contributed by atoms with Gasteiger partial charge in [-0.25, -0.2) is 4.98 Å². The number of aliphatic carboxylic acids is 1. The molecule has 0 aliphatic carbocycles. The largest absolute Gasteiger partial charge is 0.481 e. The molecule has 22 heavy (non-hydrogen) atoms. The Morgan fingerprint density at radius 2 is 2.00 bits per heavy atom. The van der Waals surface area contributed by atoms with Gasteiger partial charge in [0.25, 0.3) is 5.91 Å². The van der Waals surface area contributed by atoms with E-state index in [0.29, 0.717) is 25.7 Å². The zero-order chi connectivity index (χ0) is 15.5. The van der Waals surface area contributed by atoms with Crippen molar-refractivity contribution in [2.75, 3.05) is 26.2 Å². The van der Waals surface area contributed by atoms with E-state index in [9.17, 15) is 14.7 Å². The van der Waals surface area contributed by atoms with Crippen molar-refractivity contribution in [3.63, 3.8) is 0 Å². The summed E-state index contributed by atoms with van der Waals surface area (Å²) in [4.78, 5) is 31.3. The fraction of sp³-hybridized carbons (Fsp3) is 0.714. The molecule has 0 unspecified atom stereocenters. The Morgan fingerprint density at radius 1 is 1.23 bits per heavy atom. The quantitative estimate of drug-likeness (QED) is 0.827. The van der Waals surface area contributed by atoms with Gasteiger partial charge in [-0.2, -0.15) is 5.10 Å². The standard InChI is InChI=1S/C14H21N5O3/c20-13(12-15-9-16-17-12)18-6-3-11(4-7-18)19-5-1-2-10(8-19)14(21)22/h9-11H,1-8H2,(H,21,22)(H,15,16,17)/t10-/m0/s1. The molecule has 0 spiro atoms. The van der Waals surface area contributed by atoms with Gasteiger partial charge in [0, 0.05) is 25.7 Å². The highest BCUT2D eigenvalue weighted by Gasteiger charge is 2.32. The van der Waals surface area contributed by atoms with Crippen molar-refractivity contribution >= 4 is 11.9 Å². The number of carbonyl (C=O) groups is 2. The van der Waals surface area contributed by atoms with Crippen LogP contribution in [-0.4, -0.2) is 74.2 Å². The Balaban J connectivity index is 1.53. The van der Waals surface area contributed by atoms with Crippen LogP contribution in [0, 0.1) is 5.92 Å². The molecule has 8 heteroatoms. The van der Waals surface area contributed by atoms with Gasteiger partial charge in [0.2, 0.25) is 5.82 Å². The minimum Gasteiger partial charge on any atom is -0.481 e. The molecule has 2 N–H and O–H groups in total. The van der Waals surface area contributed by atoms with Crippen molar-refractivity contribution in [2.24, 2.45) is 5.92 Å². The van der Waals surface area contributed by atoms with Crippen molar-refractivity contribution in [2.45, 2.75) is 31.7 Å².